The normalized spacial score (nSPS) is 9.95. The predicted molar refractivity (Wildman–Crippen MR) is 74.2 cm³/mol. The fourth-order valence-corrected chi connectivity index (χ4v) is 1.69. The van der Waals surface area contributed by atoms with Crippen molar-refractivity contribution in [2.24, 2.45) is 0 Å². The molecule has 0 unspecified atom stereocenters. The number of amides is 1. The second kappa shape index (κ2) is 6.54. The van der Waals surface area contributed by atoms with E-state index in [0.717, 1.165) is 17.1 Å². The summed E-state index contributed by atoms with van der Waals surface area (Å²) in [4.78, 5) is 16.0. The lowest BCUT2D eigenvalue weighted by Gasteiger charge is -2.06. The molecule has 0 aliphatic rings. The number of rotatable bonds is 5. The standard InChI is InChI=1S/C15H16N2O2/c1-19-14-8-5-13(6-9-14)17-15(18)10-7-12-4-2-3-11-16-12/h2-6,8-9,11H,7,10H2,1H3,(H,17,18). The molecule has 0 saturated carbocycles. The number of hydrogen-bond donors (Lipinski definition) is 1. The van der Waals surface area contributed by atoms with Crippen molar-refractivity contribution < 1.29 is 9.53 Å². The Bertz CT molecular complexity index is 524. The first-order valence-corrected chi connectivity index (χ1v) is 6.12. The van der Waals surface area contributed by atoms with Gasteiger partial charge < -0.3 is 10.1 Å². The number of carbonyl (C=O) groups excluding carboxylic acids is 1. The Kier molecular flexibility index (Phi) is 4.50. The second-order valence-electron chi connectivity index (χ2n) is 4.10. The molecule has 98 valence electrons. The molecule has 1 aromatic carbocycles. The maximum atomic E-state index is 11.8. The van der Waals surface area contributed by atoms with Crippen LogP contribution in [0.4, 0.5) is 5.69 Å². The number of nitrogens with one attached hydrogen (secondary N) is 1. The number of methoxy groups -OCH3 is 1. The molecule has 0 atom stereocenters. The lowest BCUT2D eigenvalue weighted by atomic mass is 10.2. The SMILES string of the molecule is COc1ccc(NC(=O)CCc2ccccn2)cc1. The van der Waals surface area contributed by atoms with Crippen LogP contribution >= 0.6 is 0 Å². The molecule has 4 heteroatoms. The summed E-state index contributed by atoms with van der Waals surface area (Å²) in [7, 11) is 1.61. The van der Waals surface area contributed by atoms with Gasteiger partial charge in [0, 0.05) is 24.0 Å². The molecule has 0 aliphatic carbocycles. The zero-order chi connectivity index (χ0) is 13.5. The lowest BCUT2D eigenvalue weighted by Crippen LogP contribution is -2.12. The third-order valence-electron chi connectivity index (χ3n) is 2.71. The topological polar surface area (TPSA) is 51.2 Å². The number of pyridine rings is 1. The molecular weight excluding hydrogens is 240 g/mol. The van der Waals surface area contributed by atoms with Crippen LogP contribution in [0.3, 0.4) is 0 Å². The van der Waals surface area contributed by atoms with E-state index in [2.05, 4.69) is 10.3 Å². The summed E-state index contributed by atoms with van der Waals surface area (Å²) in [5.41, 5.74) is 1.69. The van der Waals surface area contributed by atoms with E-state index in [1.165, 1.54) is 0 Å². The third kappa shape index (κ3) is 4.10. The molecule has 1 amide bonds. The van der Waals surface area contributed by atoms with Crippen molar-refractivity contribution in [3.63, 3.8) is 0 Å². The van der Waals surface area contributed by atoms with E-state index < -0.39 is 0 Å². The van der Waals surface area contributed by atoms with E-state index >= 15 is 0 Å². The molecule has 2 rings (SSSR count). The number of aryl methyl sites for hydroxylation is 1. The Hall–Kier alpha value is -2.36. The summed E-state index contributed by atoms with van der Waals surface area (Å²) >= 11 is 0. The van der Waals surface area contributed by atoms with Crippen LogP contribution in [0.15, 0.2) is 48.7 Å². The first-order valence-electron chi connectivity index (χ1n) is 6.12. The Labute approximate surface area is 112 Å². The van der Waals surface area contributed by atoms with Crippen LogP contribution in [0.5, 0.6) is 5.75 Å². The van der Waals surface area contributed by atoms with Gasteiger partial charge in [-0.05, 0) is 42.8 Å². The molecule has 19 heavy (non-hydrogen) atoms. The molecule has 0 radical (unpaired) electrons. The van der Waals surface area contributed by atoms with Crippen molar-refractivity contribution in [1.29, 1.82) is 0 Å². The summed E-state index contributed by atoms with van der Waals surface area (Å²) in [5, 5.41) is 2.84. The lowest BCUT2D eigenvalue weighted by molar-refractivity contribution is -0.116. The van der Waals surface area contributed by atoms with Gasteiger partial charge in [-0.25, -0.2) is 0 Å². The van der Waals surface area contributed by atoms with Crippen LogP contribution in [0.25, 0.3) is 0 Å². The summed E-state index contributed by atoms with van der Waals surface area (Å²) in [6, 6.07) is 13.0. The van der Waals surface area contributed by atoms with Crippen LogP contribution in [0, 0.1) is 0 Å². The fourth-order valence-electron chi connectivity index (χ4n) is 1.69. The van der Waals surface area contributed by atoms with Crippen LogP contribution in [0.2, 0.25) is 0 Å². The van der Waals surface area contributed by atoms with E-state index in [-0.39, 0.29) is 5.91 Å². The molecule has 1 N–H and O–H groups in total. The van der Waals surface area contributed by atoms with Crippen molar-refractivity contribution in [1.82, 2.24) is 4.98 Å². The van der Waals surface area contributed by atoms with Crippen molar-refractivity contribution >= 4 is 11.6 Å². The smallest absolute Gasteiger partial charge is 0.224 e. The third-order valence-corrected chi connectivity index (χ3v) is 2.71. The molecule has 2 aromatic rings. The van der Waals surface area contributed by atoms with Crippen molar-refractivity contribution in [3.05, 3.63) is 54.4 Å². The predicted octanol–water partition coefficient (Wildman–Crippen LogP) is 2.66. The number of nitrogens with zero attached hydrogens (tertiary/aromatic N) is 1. The first kappa shape index (κ1) is 13.1. The van der Waals surface area contributed by atoms with Gasteiger partial charge in [0.2, 0.25) is 5.91 Å². The second-order valence-corrected chi connectivity index (χ2v) is 4.10. The van der Waals surface area contributed by atoms with Gasteiger partial charge in [0.25, 0.3) is 0 Å². The van der Waals surface area contributed by atoms with Crippen molar-refractivity contribution in [2.45, 2.75) is 12.8 Å². The van der Waals surface area contributed by atoms with Gasteiger partial charge in [-0.1, -0.05) is 6.07 Å². The van der Waals surface area contributed by atoms with Crippen LogP contribution < -0.4 is 10.1 Å². The first-order chi connectivity index (χ1) is 9.28. The van der Waals surface area contributed by atoms with E-state index in [1.807, 2.05) is 42.5 Å². The molecule has 1 aromatic heterocycles. The largest absolute Gasteiger partial charge is 0.497 e. The van der Waals surface area contributed by atoms with Gasteiger partial charge >= 0.3 is 0 Å². The molecule has 0 fully saturated rings. The highest BCUT2D eigenvalue weighted by Crippen LogP contribution is 2.15. The van der Waals surface area contributed by atoms with Gasteiger partial charge in [0.15, 0.2) is 0 Å². The van der Waals surface area contributed by atoms with E-state index in [0.29, 0.717) is 12.8 Å². The highest BCUT2D eigenvalue weighted by atomic mass is 16.5. The number of ether oxygens (including phenoxy) is 1. The number of carbonyl (C=O) groups is 1. The molecule has 0 aliphatic heterocycles. The quantitative estimate of drug-likeness (QED) is 0.894. The molecule has 1 heterocycles. The van der Waals surface area contributed by atoms with Crippen LogP contribution in [0.1, 0.15) is 12.1 Å². The van der Waals surface area contributed by atoms with Crippen molar-refractivity contribution in [2.75, 3.05) is 12.4 Å². The summed E-state index contributed by atoms with van der Waals surface area (Å²) in [6.07, 6.45) is 2.79. The molecular formula is C15H16N2O2. The van der Waals surface area contributed by atoms with Gasteiger partial charge in [-0.3, -0.25) is 9.78 Å². The monoisotopic (exact) mass is 256 g/mol. The number of anilines is 1. The number of aromatic nitrogens is 1. The average Bonchev–Trinajstić information content (AvgIpc) is 2.47. The molecule has 0 bridgehead atoms. The van der Waals surface area contributed by atoms with Crippen LogP contribution in [-0.4, -0.2) is 18.0 Å². The minimum Gasteiger partial charge on any atom is -0.497 e. The molecule has 0 spiro atoms. The molecule has 4 nitrogen and oxygen atoms in total. The zero-order valence-electron chi connectivity index (χ0n) is 10.8. The number of hydrogen-bond acceptors (Lipinski definition) is 3. The Balaban J connectivity index is 1.83. The molecule has 0 saturated heterocycles. The van der Waals surface area contributed by atoms with Gasteiger partial charge in [0.05, 0.1) is 7.11 Å². The van der Waals surface area contributed by atoms with Crippen LogP contribution in [-0.2, 0) is 11.2 Å². The highest BCUT2D eigenvalue weighted by molar-refractivity contribution is 5.90. The Morgan fingerprint density at radius 1 is 1.21 bits per heavy atom. The highest BCUT2D eigenvalue weighted by Gasteiger charge is 2.03. The summed E-state index contributed by atoms with van der Waals surface area (Å²) in [5.74, 6) is 0.752. The van der Waals surface area contributed by atoms with E-state index in [4.69, 9.17) is 4.74 Å². The minimum absolute atomic E-state index is 0.0178. The maximum Gasteiger partial charge on any atom is 0.224 e. The van der Waals surface area contributed by atoms with Gasteiger partial charge in [0.1, 0.15) is 5.75 Å². The summed E-state index contributed by atoms with van der Waals surface area (Å²) in [6.45, 7) is 0. The van der Waals surface area contributed by atoms with E-state index in [1.54, 1.807) is 13.3 Å². The zero-order valence-corrected chi connectivity index (χ0v) is 10.8. The Morgan fingerprint density at radius 3 is 2.63 bits per heavy atom. The fraction of sp³-hybridized carbons (Fsp3) is 0.200. The summed E-state index contributed by atoms with van der Waals surface area (Å²) < 4.78 is 5.06. The Morgan fingerprint density at radius 2 is 2.00 bits per heavy atom. The average molecular weight is 256 g/mol. The number of benzene rings is 1. The van der Waals surface area contributed by atoms with Gasteiger partial charge in [-0.15, -0.1) is 0 Å². The minimum atomic E-state index is -0.0178. The maximum absolute atomic E-state index is 11.8. The van der Waals surface area contributed by atoms with E-state index in [9.17, 15) is 4.79 Å². The van der Waals surface area contributed by atoms with Gasteiger partial charge in [-0.2, -0.15) is 0 Å². The van der Waals surface area contributed by atoms with Crippen molar-refractivity contribution in [3.8, 4) is 5.75 Å².